The second-order valence-corrected chi connectivity index (χ2v) is 3.86. The van der Waals surface area contributed by atoms with Crippen LogP contribution < -0.4 is 0 Å². The molecule has 0 bridgehead atoms. The van der Waals surface area contributed by atoms with Gasteiger partial charge in [-0.25, -0.2) is 4.68 Å². The predicted octanol–water partition coefficient (Wildman–Crippen LogP) is 1.51. The van der Waals surface area contributed by atoms with Gasteiger partial charge in [0.25, 0.3) is 0 Å². The summed E-state index contributed by atoms with van der Waals surface area (Å²) in [5.74, 6) is -1.48. The number of carbonyl (C=O) groups is 1. The fourth-order valence-corrected chi connectivity index (χ4v) is 1.61. The average molecular weight is 231 g/mol. The van der Waals surface area contributed by atoms with Crippen molar-refractivity contribution in [2.24, 2.45) is 0 Å². The van der Waals surface area contributed by atoms with Crippen LogP contribution in [-0.2, 0) is 11.3 Å². The van der Waals surface area contributed by atoms with E-state index in [0.29, 0.717) is 12.2 Å². The zero-order valence-corrected chi connectivity index (χ0v) is 9.45. The molecule has 1 N–H and O–H groups in total. The molecule has 1 atom stereocenters. The standard InChI is InChI=1S/C12H13N3O2/c1-9(12(16)17)11-7-13-14-15(11)8-10-5-3-2-4-6-10/h2-7,9H,8H2,1H3,(H,16,17). The molecule has 0 spiro atoms. The summed E-state index contributed by atoms with van der Waals surface area (Å²) in [5, 5.41) is 16.7. The number of hydrogen-bond donors (Lipinski definition) is 1. The summed E-state index contributed by atoms with van der Waals surface area (Å²) in [6.07, 6.45) is 1.50. The molecular formula is C12H13N3O2. The molecule has 0 amide bonds. The maximum absolute atomic E-state index is 10.9. The number of nitrogens with zero attached hydrogens (tertiary/aromatic N) is 3. The molecule has 17 heavy (non-hydrogen) atoms. The van der Waals surface area contributed by atoms with Crippen LogP contribution >= 0.6 is 0 Å². The van der Waals surface area contributed by atoms with Crippen molar-refractivity contribution in [3.05, 3.63) is 47.8 Å². The van der Waals surface area contributed by atoms with Gasteiger partial charge in [0.15, 0.2) is 0 Å². The Balaban J connectivity index is 2.23. The Morgan fingerprint density at radius 2 is 2.12 bits per heavy atom. The summed E-state index contributed by atoms with van der Waals surface area (Å²) in [5.41, 5.74) is 1.68. The lowest BCUT2D eigenvalue weighted by atomic mass is 10.1. The molecule has 0 aliphatic carbocycles. The van der Waals surface area contributed by atoms with E-state index in [2.05, 4.69) is 10.3 Å². The van der Waals surface area contributed by atoms with Crippen molar-refractivity contribution in [2.45, 2.75) is 19.4 Å². The van der Waals surface area contributed by atoms with Gasteiger partial charge in [0, 0.05) is 0 Å². The van der Waals surface area contributed by atoms with Gasteiger partial charge >= 0.3 is 5.97 Å². The molecule has 88 valence electrons. The van der Waals surface area contributed by atoms with Crippen LogP contribution in [0.2, 0.25) is 0 Å². The molecule has 1 aromatic carbocycles. The monoisotopic (exact) mass is 231 g/mol. The molecular weight excluding hydrogens is 218 g/mol. The SMILES string of the molecule is CC(C(=O)O)c1cnnn1Cc1ccccc1. The molecule has 1 aromatic heterocycles. The normalized spacial score (nSPS) is 12.3. The number of aliphatic carboxylic acids is 1. The van der Waals surface area contributed by atoms with E-state index in [1.807, 2.05) is 30.3 Å². The zero-order valence-electron chi connectivity index (χ0n) is 9.45. The van der Waals surface area contributed by atoms with Gasteiger partial charge in [0.2, 0.25) is 0 Å². The fourth-order valence-electron chi connectivity index (χ4n) is 1.61. The van der Waals surface area contributed by atoms with Crippen LogP contribution in [0.25, 0.3) is 0 Å². The summed E-state index contributed by atoms with van der Waals surface area (Å²) >= 11 is 0. The lowest BCUT2D eigenvalue weighted by Gasteiger charge is -2.09. The molecule has 1 unspecified atom stereocenters. The lowest BCUT2D eigenvalue weighted by molar-refractivity contribution is -0.138. The van der Waals surface area contributed by atoms with Crippen molar-refractivity contribution in [1.82, 2.24) is 15.0 Å². The van der Waals surface area contributed by atoms with Gasteiger partial charge in [-0.2, -0.15) is 0 Å². The molecule has 5 heteroatoms. The molecule has 0 aliphatic rings. The number of hydrogen-bond acceptors (Lipinski definition) is 3. The van der Waals surface area contributed by atoms with Gasteiger partial charge in [-0.3, -0.25) is 4.79 Å². The Bertz CT molecular complexity index is 507. The van der Waals surface area contributed by atoms with Crippen LogP contribution in [0.15, 0.2) is 36.5 Å². The molecule has 1 heterocycles. The first-order valence-corrected chi connectivity index (χ1v) is 5.33. The van der Waals surface area contributed by atoms with E-state index in [-0.39, 0.29) is 0 Å². The Morgan fingerprint density at radius 1 is 1.41 bits per heavy atom. The van der Waals surface area contributed by atoms with E-state index in [4.69, 9.17) is 5.11 Å². The van der Waals surface area contributed by atoms with Crippen molar-refractivity contribution < 1.29 is 9.90 Å². The van der Waals surface area contributed by atoms with Crippen LogP contribution in [-0.4, -0.2) is 26.1 Å². The van der Waals surface area contributed by atoms with E-state index in [9.17, 15) is 4.79 Å². The molecule has 0 saturated carbocycles. The minimum absolute atomic E-state index is 0.536. The quantitative estimate of drug-likeness (QED) is 0.866. The van der Waals surface area contributed by atoms with Crippen molar-refractivity contribution in [3.8, 4) is 0 Å². The average Bonchev–Trinajstić information content (AvgIpc) is 2.77. The first-order valence-electron chi connectivity index (χ1n) is 5.33. The minimum atomic E-state index is -0.874. The molecule has 0 aliphatic heterocycles. The van der Waals surface area contributed by atoms with Gasteiger partial charge in [-0.05, 0) is 12.5 Å². The van der Waals surface area contributed by atoms with E-state index in [1.54, 1.807) is 11.6 Å². The van der Waals surface area contributed by atoms with Crippen molar-refractivity contribution in [2.75, 3.05) is 0 Å². The Morgan fingerprint density at radius 3 is 2.76 bits per heavy atom. The highest BCUT2D eigenvalue weighted by Crippen LogP contribution is 2.14. The van der Waals surface area contributed by atoms with Gasteiger partial charge in [0.1, 0.15) is 0 Å². The molecule has 0 fully saturated rings. The molecule has 0 saturated heterocycles. The van der Waals surface area contributed by atoms with Gasteiger partial charge in [-0.1, -0.05) is 35.5 Å². The predicted molar refractivity (Wildman–Crippen MR) is 61.6 cm³/mol. The topological polar surface area (TPSA) is 68.0 Å². The second-order valence-electron chi connectivity index (χ2n) is 3.86. The highest BCUT2D eigenvalue weighted by atomic mass is 16.4. The van der Waals surface area contributed by atoms with Crippen molar-refractivity contribution in [3.63, 3.8) is 0 Å². The van der Waals surface area contributed by atoms with Crippen LogP contribution in [0.1, 0.15) is 24.1 Å². The van der Waals surface area contributed by atoms with Gasteiger partial charge < -0.3 is 5.11 Å². The Hall–Kier alpha value is -2.17. The van der Waals surface area contributed by atoms with Crippen molar-refractivity contribution in [1.29, 1.82) is 0 Å². The van der Waals surface area contributed by atoms with Crippen molar-refractivity contribution >= 4 is 5.97 Å². The van der Waals surface area contributed by atoms with E-state index in [0.717, 1.165) is 5.56 Å². The highest BCUT2D eigenvalue weighted by molar-refractivity contribution is 5.74. The third-order valence-electron chi connectivity index (χ3n) is 2.64. The van der Waals surface area contributed by atoms with Crippen LogP contribution in [0, 0.1) is 0 Å². The maximum Gasteiger partial charge on any atom is 0.312 e. The van der Waals surface area contributed by atoms with Crippen LogP contribution in [0.5, 0.6) is 0 Å². The first kappa shape index (κ1) is 11.3. The number of carboxylic acid groups (broad SMARTS) is 1. The number of aromatic nitrogens is 3. The largest absolute Gasteiger partial charge is 0.481 e. The van der Waals surface area contributed by atoms with Crippen LogP contribution in [0.4, 0.5) is 0 Å². The Kier molecular flexibility index (Phi) is 3.18. The lowest BCUT2D eigenvalue weighted by Crippen LogP contribution is -2.14. The van der Waals surface area contributed by atoms with Gasteiger partial charge in [0.05, 0.1) is 24.4 Å². The minimum Gasteiger partial charge on any atom is -0.481 e. The smallest absolute Gasteiger partial charge is 0.312 e. The summed E-state index contributed by atoms with van der Waals surface area (Å²) in [7, 11) is 0. The molecule has 0 radical (unpaired) electrons. The molecule has 5 nitrogen and oxygen atoms in total. The Labute approximate surface area is 98.7 Å². The highest BCUT2D eigenvalue weighted by Gasteiger charge is 2.18. The van der Waals surface area contributed by atoms with E-state index >= 15 is 0 Å². The number of carboxylic acids is 1. The third-order valence-corrected chi connectivity index (χ3v) is 2.64. The summed E-state index contributed by atoms with van der Waals surface area (Å²) in [6.45, 7) is 2.16. The first-order chi connectivity index (χ1) is 8.18. The summed E-state index contributed by atoms with van der Waals surface area (Å²) < 4.78 is 1.62. The van der Waals surface area contributed by atoms with Gasteiger partial charge in [-0.15, -0.1) is 5.10 Å². The third kappa shape index (κ3) is 2.50. The summed E-state index contributed by atoms with van der Waals surface area (Å²) in [6, 6.07) is 9.75. The number of rotatable bonds is 4. The molecule has 2 rings (SSSR count). The van der Waals surface area contributed by atoms with Crippen LogP contribution in [0.3, 0.4) is 0 Å². The fraction of sp³-hybridized carbons (Fsp3) is 0.250. The van der Waals surface area contributed by atoms with E-state index in [1.165, 1.54) is 6.20 Å². The second kappa shape index (κ2) is 4.78. The zero-order chi connectivity index (χ0) is 12.3. The number of benzene rings is 1. The van der Waals surface area contributed by atoms with E-state index < -0.39 is 11.9 Å². The maximum atomic E-state index is 10.9. The summed E-state index contributed by atoms with van der Waals surface area (Å²) in [4.78, 5) is 10.9. The molecule has 2 aromatic rings.